The van der Waals surface area contributed by atoms with E-state index < -0.39 is 0 Å². The third-order valence-electron chi connectivity index (χ3n) is 5.51. The average Bonchev–Trinajstić information content (AvgIpc) is 2.86. The van der Waals surface area contributed by atoms with Crippen molar-refractivity contribution in [3.05, 3.63) is 35.9 Å². The van der Waals surface area contributed by atoms with Crippen LogP contribution in [0.2, 0.25) is 0 Å². The molecule has 0 aromatic heterocycles. The molecule has 2 heteroatoms. The lowest BCUT2D eigenvalue weighted by atomic mass is 9.96. The van der Waals surface area contributed by atoms with Crippen LogP contribution in [0.3, 0.4) is 0 Å². The molecule has 1 atom stereocenters. The first-order valence-corrected chi connectivity index (χ1v) is 8.80. The van der Waals surface area contributed by atoms with Gasteiger partial charge in [-0.05, 0) is 57.7 Å². The van der Waals surface area contributed by atoms with E-state index in [1.807, 2.05) is 0 Å². The van der Waals surface area contributed by atoms with Crippen LogP contribution in [0.5, 0.6) is 0 Å². The van der Waals surface area contributed by atoms with E-state index in [1.165, 1.54) is 70.1 Å². The van der Waals surface area contributed by atoms with Crippen molar-refractivity contribution in [3.63, 3.8) is 0 Å². The van der Waals surface area contributed by atoms with Crippen LogP contribution in [-0.2, 0) is 6.42 Å². The van der Waals surface area contributed by atoms with Gasteiger partial charge in [-0.25, -0.2) is 0 Å². The second-order valence-corrected chi connectivity index (χ2v) is 7.11. The fraction of sp³-hybridized carbons (Fsp3) is 0.684. The van der Waals surface area contributed by atoms with Crippen molar-refractivity contribution in [2.24, 2.45) is 0 Å². The van der Waals surface area contributed by atoms with E-state index in [4.69, 9.17) is 0 Å². The van der Waals surface area contributed by atoms with Crippen molar-refractivity contribution < 1.29 is 0 Å². The summed E-state index contributed by atoms with van der Waals surface area (Å²) in [5.41, 5.74) is 1.92. The van der Waals surface area contributed by atoms with Gasteiger partial charge in [0.25, 0.3) is 0 Å². The first-order valence-electron chi connectivity index (χ1n) is 8.80. The maximum Gasteiger partial charge on any atom is 0.0308 e. The van der Waals surface area contributed by atoms with Crippen LogP contribution in [0.15, 0.2) is 30.3 Å². The normalized spacial score (nSPS) is 24.0. The molecule has 3 rings (SSSR count). The largest absolute Gasteiger partial charge is 0.310 e. The predicted octanol–water partition coefficient (Wildman–Crippen LogP) is 3.62. The zero-order valence-corrected chi connectivity index (χ0v) is 13.5. The van der Waals surface area contributed by atoms with Crippen molar-refractivity contribution in [2.75, 3.05) is 19.6 Å². The molecule has 21 heavy (non-hydrogen) atoms. The van der Waals surface area contributed by atoms with Gasteiger partial charge >= 0.3 is 0 Å². The van der Waals surface area contributed by atoms with Crippen LogP contribution in [0.4, 0.5) is 0 Å². The van der Waals surface area contributed by atoms with Crippen molar-refractivity contribution in [2.45, 2.75) is 63.5 Å². The van der Waals surface area contributed by atoms with Crippen molar-refractivity contribution in [1.82, 2.24) is 10.2 Å². The van der Waals surface area contributed by atoms with Crippen molar-refractivity contribution >= 4 is 0 Å². The van der Waals surface area contributed by atoms with E-state index in [0.717, 1.165) is 0 Å². The number of rotatable bonds is 4. The summed E-state index contributed by atoms with van der Waals surface area (Å²) in [6.45, 7) is 6.17. The van der Waals surface area contributed by atoms with Gasteiger partial charge in [0.1, 0.15) is 0 Å². The van der Waals surface area contributed by atoms with Gasteiger partial charge in [0.2, 0.25) is 0 Å². The third-order valence-corrected chi connectivity index (χ3v) is 5.51. The van der Waals surface area contributed by atoms with Crippen LogP contribution < -0.4 is 5.32 Å². The Morgan fingerprint density at radius 3 is 2.67 bits per heavy atom. The standard InChI is InChI=1S/C19H30N2/c1-17(10-11-18-8-3-2-4-9-18)21-15-7-14-20-19(16-21)12-5-6-13-19/h2-4,8-9,17,20H,5-7,10-16H2,1H3. The van der Waals surface area contributed by atoms with Crippen LogP contribution >= 0.6 is 0 Å². The maximum absolute atomic E-state index is 3.87. The number of hydrogen-bond acceptors (Lipinski definition) is 2. The van der Waals surface area contributed by atoms with E-state index in [2.05, 4.69) is 47.5 Å². The average molecular weight is 286 g/mol. The highest BCUT2D eigenvalue weighted by Gasteiger charge is 2.37. The van der Waals surface area contributed by atoms with Crippen LogP contribution in [0.25, 0.3) is 0 Å². The van der Waals surface area contributed by atoms with Crippen LogP contribution in [0.1, 0.15) is 51.0 Å². The maximum atomic E-state index is 3.87. The Labute approximate surface area is 129 Å². The van der Waals surface area contributed by atoms with Gasteiger partial charge in [0, 0.05) is 18.1 Å². The third kappa shape index (κ3) is 3.87. The summed E-state index contributed by atoms with van der Waals surface area (Å²) < 4.78 is 0. The number of hydrogen-bond donors (Lipinski definition) is 1. The Balaban J connectivity index is 1.56. The van der Waals surface area contributed by atoms with Crippen molar-refractivity contribution in [1.29, 1.82) is 0 Å². The fourth-order valence-electron chi connectivity index (χ4n) is 4.13. The fourth-order valence-corrected chi connectivity index (χ4v) is 4.13. The van der Waals surface area contributed by atoms with Gasteiger partial charge in [0.05, 0.1) is 0 Å². The molecule has 1 aromatic carbocycles. The van der Waals surface area contributed by atoms with Crippen LogP contribution in [-0.4, -0.2) is 36.1 Å². The topological polar surface area (TPSA) is 15.3 Å². The zero-order valence-electron chi connectivity index (χ0n) is 13.5. The van der Waals surface area contributed by atoms with Gasteiger partial charge in [0.15, 0.2) is 0 Å². The molecule has 1 aliphatic carbocycles. The molecule has 0 radical (unpaired) electrons. The first-order chi connectivity index (χ1) is 10.3. The van der Waals surface area contributed by atoms with E-state index in [0.29, 0.717) is 11.6 Å². The summed E-state index contributed by atoms with van der Waals surface area (Å²) >= 11 is 0. The molecule has 1 unspecified atom stereocenters. The van der Waals surface area contributed by atoms with Gasteiger partial charge in [-0.15, -0.1) is 0 Å². The highest BCUT2D eigenvalue weighted by molar-refractivity contribution is 5.14. The number of aryl methyl sites for hydroxylation is 1. The summed E-state index contributed by atoms with van der Waals surface area (Å²) in [6.07, 6.45) is 9.39. The summed E-state index contributed by atoms with van der Waals surface area (Å²) in [4.78, 5) is 2.76. The summed E-state index contributed by atoms with van der Waals surface area (Å²) in [5, 5.41) is 3.87. The van der Waals surface area contributed by atoms with Gasteiger partial charge in [-0.3, -0.25) is 4.90 Å². The van der Waals surface area contributed by atoms with E-state index >= 15 is 0 Å². The molecular weight excluding hydrogens is 256 g/mol. The molecule has 2 nitrogen and oxygen atoms in total. The molecule has 0 amide bonds. The highest BCUT2D eigenvalue weighted by Crippen LogP contribution is 2.32. The molecule has 116 valence electrons. The molecule has 0 bridgehead atoms. The smallest absolute Gasteiger partial charge is 0.0308 e. The molecule has 1 aromatic rings. The Kier molecular flexibility index (Phi) is 4.97. The summed E-state index contributed by atoms with van der Waals surface area (Å²) in [6, 6.07) is 11.6. The number of benzene rings is 1. The molecule has 1 saturated carbocycles. The molecular formula is C19H30N2. The van der Waals surface area contributed by atoms with E-state index in [9.17, 15) is 0 Å². The molecule has 2 fully saturated rings. The lowest BCUT2D eigenvalue weighted by Crippen LogP contribution is -2.51. The lowest BCUT2D eigenvalue weighted by Gasteiger charge is -2.36. The van der Waals surface area contributed by atoms with Crippen LogP contribution in [0, 0.1) is 0 Å². The zero-order chi connectivity index (χ0) is 14.5. The second-order valence-electron chi connectivity index (χ2n) is 7.11. The van der Waals surface area contributed by atoms with Gasteiger partial charge < -0.3 is 5.32 Å². The molecule has 1 N–H and O–H groups in total. The quantitative estimate of drug-likeness (QED) is 0.909. The predicted molar refractivity (Wildman–Crippen MR) is 89.6 cm³/mol. The number of nitrogens with one attached hydrogen (secondary N) is 1. The number of nitrogens with zero attached hydrogens (tertiary/aromatic N) is 1. The SMILES string of the molecule is CC(CCc1ccccc1)N1CCCNC2(CCCC2)C1. The van der Waals surface area contributed by atoms with Gasteiger partial charge in [-0.1, -0.05) is 43.2 Å². The molecule has 1 heterocycles. The molecule has 2 aliphatic rings. The molecule has 1 spiro atoms. The Morgan fingerprint density at radius 2 is 1.90 bits per heavy atom. The monoisotopic (exact) mass is 286 g/mol. The minimum absolute atomic E-state index is 0.442. The minimum atomic E-state index is 0.442. The summed E-state index contributed by atoms with van der Waals surface area (Å²) in [5.74, 6) is 0. The molecule has 1 aliphatic heterocycles. The van der Waals surface area contributed by atoms with E-state index in [1.54, 1.807) is 0 Å². The summed E-state index contributed by atoms with van der Waals surface area (Å²) in [7, 11) is 0. The van der Waals surface area contributed by atoms with Crippen molar-refractivity contribution in [3.8, 4) is 0 Å². The highest BCUT2D eigenvalue weighted by atomic mass is 15.2. The lowest BCUT2D eigenvalue weighted by molar-refractivity contribution is 0.159. The Hall–Kier alpha value is -0.860. The Morgan fingerprint density at radius 1 is 1.14 bits per heavy atom. The minimum Gasteiger partial charge on any atom is -0.310 e. The van der Waals surface area contributed by atoms with E-state index in [-0.39, 0.29) is 0 Å². The first kappa shape index (κ1) is 15.1. The molecule has 1 saturated heterocycles. The van der Waals surface area contributed by atoms with Gasteiger partial charge in [-0.2, -0.15) is 0 Å². The Bertz CT molecular complexity index is 422. The second kappa shape index (κ2) is 6.93.